The Morgan fingerprint density at radius 1 is 1.24 bits per heavy atom. The minimum Gasteiger partial charge on any atom is -0.480 e. The van der Waals surface area contributed by atoms with Crippen molar-refractivity contribution in [3.05, 3.63) is 59.2 Å². The number of likely N-dealkylation sites (tertiary alicyclic amines) is 1. The van der Waals surface area contributed by atoms with E-state index in [2.05, 4.69) is 23.2 Å². The van der Waals surface area contributed by atoms with Gasteiger partial charge in [-0.05, 0) is 72.1 Å². The highest BCUT2D eigenvalue weighted by Gasteiger charge is 2.30. The number of carbonyl (C=O) groups is 2. The third-order valence-corrected chi connectivity index (χ3v) is 7.10. The van der Waals surface area contributed by atoms with Crippen molar-refractivity contribution in [1.29, 1.82) is 0 Å². The first-order valence-electron chi connectivity index (χ1n) is 11.8. The summed E-state index contributed by atoms with van der Waals surface area (Å²) in [5, 5.41) is 12.3. The summed E-state index contributed by atoms with van der Waals surface area (Å²) in [5.41, 5.74) is 4.50. The van der Waals surface area contributed by atoms with Gasteiger partial charge in [-0.2, -0.15) is 11.8 Å². The third kappa shape index (κ3) is 6.62. The van der Waals surface area contributed by atoms with Crippen molar-refractivity contribution in [1.82, 2.24) is 10.2 Å². The van der Waals surface area contributed by atoms with Crippen LogP contribution in [0.2, 0.25) is 0 Å². The molecular weight excluding hydrogens is 448 g/mol. The molecule has 2 aromatic rings. The highest BCUT2D eigenvalue weighted by molar-refractivity contribution is 7.98. The molecule has 0 aromatic heterocycles. The molecule has 6 nitrogen and oxygen atoms in total. The summed E-state index contributed by atoms with van der Waals surface area (Å²) in [6.07, 6.45) is 3.42. The van der Waals surface area contributed by atoms with E-state index < -0.39 is 12.0 Å². The molecule has 0 aliphatic carbocycles. The van der Waals surface area contributed by atoms with Crippen LogP contribution < -0.4 is 5.32 Å². The number of carboxylic acid groups (broad SMARTS) is 1. The molecule has 7 heteroatoms. The van der Waals surface area contributed by atoms with Gasteiger partial charge in [0, 0.05) is 31.8 Å². The van der Waals surface area contributed by atoms with Crippen molar-refractivity contribution in [2.75, 3.05) is 32.3 Å². The van der Waals surface area contributed by atoms with Crippen LogP contribution in [0, 0.1) is 12.8 Å². The molecule has 1 aliphatic heterocycles. The van der Waals surface area contributed by atoms with Crippen LogP contribution in [-0.4, -0.2) is 66.2 Å². The Kier molecular flexibility index (Phi) is 9.56. The van der Waals surface area contributed by atoms with Gasteiger partial charge in [-0.1, -0.05) is 37.3 Å². The lowest BCUT2D eigenvalue weighted by molar-refractivity contribution is -0.139. The summed E-state index contributed by atoms with van der Waals surface area (Å²) in [4.78, 5) is 27.4. The quantitative estimate of drug-likeness (QED) is 0.490. The molecule has 1 heterocycles. The second-order valence-electron chi connectivity index (χ2n) is 9.22. The van der Waals surface area contributed by atoms with Gasteiger partial charge in [-0.25, -0.2) is 4.79 Å². The normalized spacial score (nSPS) is 19.2. The van der Waals surface area contributed by atoms with Gasteiger partial charge in [0.2, 0.25) is 0 Å². The third-order valence-electron chi connectivity index (χ3n) is 6.46. The van der Waals surface area contributed by atoms with Gasteiger partial charge in [0.1, 0.15) is 6.04 Å². The SMILES string of the molecule is COC[C@@H]1CC(C)CN1Cc1ccc(C(=O)NC(CCSC)C(=O)O)c(-c2ccccc2C)c1. The first-order valence-corrected chi connectivity index (χ1v) is 13.2. The molecule has 0 radical (unpaired) electrons. The zero-order chi connectivity index (χ0) is 24.7. The highest BCUT2D eigenvalue weighted by Crippen LogP contribution is 2.30. The highest BCUT2D eigenvalue weighted by atomic mass is 32.2. The predicted octanol–water partition coefficient (Wildman–Crippen LogP) is 4.45. The fourth-order valence-electron chi connectivity index (χ4n) is 4.75. The minimum atomic E-state index is -1.01. The fourth-order valence-corrected chi connectivity index (χ4v) is 5.22. The number of benzene rings is 2. The van der Waals surface area contributed by atoms with E-state index in [4.69, 9.17) is 4.74 Å². The molecule has 1 fully saturated rings. The Morgan fingerprint density at radius 2 is 2.00 bits per heavy atom. The van der Waals surface area contributed by atoms with E-state index in [1.807, 2.05) is 49.6 Å². The zero-order valence-electron chi connectivity index (χ0n) is 20.5. The van der Waals surface area contributed by atoms with Gasteiger partial charge in [0.05, 0.1) is 6.61 Å². The monoisotopic (exact) mass is 484 g/mol. The minimum absolute atomic E-state index is 0.356. The van der Waals surface area contributed by atoms with Gasteiger partial charge < -0.3 is 15.2 Å². The van der Waals surface area contributed by atoms with E-state index in [1.54, 1.807) is 18.9 Å². The van der Waals surface area contributed by atoms with Crippen LogP contribution in [0.3, 0.4) is 0 Å². The molecule has 2 N–H and O–H groups in total. The lowest BCUT2D eigenvalue weighted by atomic mass is 9.93. The number of hydrogen-bond donors (Lipinski definition) is 2. The van der Waals surface area contributed by atoms with E-state index in [9.17, 15) is 14.7 Å². The van der Waals surface area contributed by atoms with Gasteiger partial charge in [-0.15, -0.1) is 0 Å². The molecule has 0 saturated carbocycles. The number of nitrogens with one attached hydrogen (secondary N) is 1. The molecule has 184 valence electrons. The van der Waals surface area contributed by atoms with Gasteiger partial charge in [-0.3, -0.25) is 9.69 Å². The summed E-state index contributed by atoms with van der Waals surface area (Å²) in [6.45, 7) is 6.81. The molecule has 1 amide bonds. The number of thioether (sulfide) groups is 1. The molecular formula is C27H36N2O4S. The average molecular weight is 485 g/mol. The predicted molar refractivity (Wildman–Crippen MR) is 138 cm³/mol. The topological polar surface area (TPSA) is 78.9 Å². The van der Waals surface area contributed by atoms with E-state index >= 15 is 0 Å². The van der Waals surface area contributed by atoms with Gasteiger partial charge in [0.25, 0.3) is 5.91 Å². The van der Waals surface area contributed by atoms with Crippen LogP contribution in [0.4, 0.5) is 0 Å². The molecule has 0 spiro atoms. The van der Waals surface area contributed by atoms with Crippen molar-refractivity contribution < 1.29 is 19.4 Å². The molecule has 2 aromatic carbocycles. The van der Waals surface area contributed by atoms with Crippen molar-refractivity contribution in [3.63, 3.8) is 0 Å². The molecule has 34 heavy (non-hydrogen) atoms. The van der Waals surface area contributed by atoms with Crippen LogP contribution in [0.15, 0.2) is 42.5 Å². The second kappa shape index (κ2) is 12.4. The maximum atomic E-state index is 13.3. The lowest BCUT2D eigenvalue weighted by Crippen LogP contribution is -2.41. The Morgan fingerprint density at radius 3 is 2.68 bits per heavy atom. The van der Waals surface area contributed by atoms with Gasteiger partial charge >= 0.3 is 5.97 Å². The van der Waals surface area contributed by atoms with Crippen molar-refractivity contribution in [3.8, 4) is 11.1 Å². The van der Waals surface area contributed by atoms with Gasteiger partial charge in [0.15, 0.2) is 0 Å². The Bertz CT molecular complexity index is 996. The molecule has 3 rings (SSSR count). The van der Waals surface area contributed by atoms with Crippen molar-refractivity contribution in [2.45, 2.75) is 45.3 Å². The summed E-state index contributed by atoms with van der Waals surface area (Å²) < 4.78 is 5.44. The van der Waals surface area contributed by atoms with Crippen LogP contribution in [0.25, 0.3) is 11.1 Å². The van der Waals surface area contributed by atoms with Crippen LogP contribution in [-0.2, 0) is 16.1 Å². The van der Waals surface area contributed by atoms with Crippen LogP contribution >= 0.6 is 11.8 Å². The first kappa shape index (κ1) is 26.3. The maximum Gasteiger partial charge on any atom is 0.326 e. The number of aliphatic carboxylic acids is 1. The summed E-state index contributed by atoms with van der Waals surface area (Å²) >= 11 is 1.56. The number of ether oxygens (including phenoxy) is 1. The van der Waals surface area contributed by atoms with Crippen LogP contribution in [0.5, 0.6) is 0 Å². The number of carbonyl (C=O) groups excluding carboxylic acids is 1. The van der Waals surface area contributed by atoms with Crippen molar-refractivity contribution in [2.24, 2.45) is 5.92 Å². The average Bonchev–Trinajstić information content (AvgIpc) is 3.15. The maximum absolute atomic E-state index is 13.3. The smallest absolute Gasteiger partial charge is 0.326 e. The number of amides is 1. The Labute approximate surface area is 207 Å². The summed E-state index contributed by atoms with van der Waals surface area (Å²) in [6, 6.07) is 13.4. The first-order chi connectivity index (χ1) is 16.3. The fraction of sp³-hybridized carbons (Fsp3) is 0.481. The molecule has 1 saturated heterocycles. The van der Waals surface area contributed by atoms with E-state index in [1.165, 1.54) is 0 Å². The Balaban J connectivity index is 1.93. The molecule has 0 bridgehead atoms. The lowest BCUT2D eigenvalue weighted by Gasteiger charge is -2.24. The van der Waals surface area contributed by atoms with E-state index in [-0.39, 0.29) is 5.91 Å². The summed E-state index contributed by atoms with van der Waals surface area (Å²) in [7, 11) is 1.74. The van der Waals surface area contributed by atoms with Crippen molar-refractivity contribution >= 4 is 23.6 Å². The summed E-state index contributed by atoms with van der Waals surface area (Å²) in [5.74, 6) is -0.0815. The van der Waals surface area contributed by atoms with Crippen LogP contribution in [0.1, 0.15) is 41.3 Å². The van der Waals surface area contributed by atoms with E-state index in [0.717, 1.165) is 41.8 Å². The molecule has 3 atom stereocenters. The number of carboxylic acids is 1. The second-order valence-corrected chi connectivity index (χ2v) is 10.2. The molecule has 2 unspecified atom stereocenters. The molecule has 1 aliphatic rings. The number of nitrogens with zero attached hydrogens (tertiary/aromatic N) is 1. The largest absolute Gasteiger partial charge is 0.480 e. The standard InChI is InChI=1S/C27H36N2O4S/c1-18-13-21(17-33-3)29(15-18)16-20-9-10-23(24(14-20)22-8-6-5-7-19(22)2)26(30)28-25(27(31)32)11-12-34-4/h5-10,14,18,21,25H,11-13,15-17H2,1-4H3,(H,28,30)(H,31,32)/t18?,21-,25?/m0/s1. The number of rotatable bonds is 11. The number of aryl methyl sites for hydroxylation is 1. The number of hydrogen-bond acceptors (Lipinski definition) is 5. The Hall–Kier alpha value is -2.35. The number of methoxy groups -OCH3 is 1. The van der Waals surface area contributed by atoms with E-state index in [0.29, 0.717) is 36.3 Å². The zero-order valence-corrected chi connectivity index (χ0v) is 21.4.